The Morgan fingerprint density at radius 3 is 2.55 bits per heavy atom. The number of benzene rings is 1. The van der Waals surface area contributed by atoms with Gasteiger partial charge in [0, 0.05) is 12.6 Å². The summed E-state index contributed by atoms with van der Waals surface area (Å²) in [5.41, 5.74) is 0.668. The Labute approximate surface area is 122 Å². The molecule has 0 amide bonds. The fourth-order valence-corrected chi connectivity index (χ4v) is 4.40. The smallest absolute Gasteiger partial charge is 0.242 e. The molecule has 5 heteroatoms. The number of para-hydroxylation sites is 1. The van der Waals surface area contributed by atoms with Gasteiger partial charge >= 0.3 is 0 Å². The minimum atomic E-state index is -3.46. The van der Waals surface area contributed by atoms with Crippen molar-refractivity contribution in [1.29, 1.82) is 0 Å². The van der Waals surface area contributed by atoms with Gasteiger partial charge in [0.15, 0.2) is 0 Å². The van der Waals surface area contributed by atoms with Crippen LogP contribution in [0, 0.1) is 5.92 Å². The molecule has 2 N–H and O–H groups in total. The van der Waals surface area contributed by atoms with Crippen LogP contribution in [-0.4, -0.2) is 21.0 Å². The van der Waals surface area contributed by atoms with Crippen molar-refractivity contribution < 1.29 is 8.42 Å². The van der Waals surface area contributed by atoms with Gasteiger partial charge in [0.05, 0.1) is 5.69 Å². The molecular formula is C15H24N2O2S. The monoisotopic (exact) mass is 296 g/mol. The fraction of sp³-hybridized carbons (Fsp3) is 0.600. The van der Waals surface area contributed by atoms with Crippen LogP contribution in [0.25, 0.3) is 0 Å². The van der Waals surface area contributed by atoms with Gasteiger partial charge in [0.25, 0.3) is 0 Å². The van der Waals surface area contributed by atoms with Crippen molar-refractivity contribution in [1.82, 2.24) is 4.72 Å². The van der Waals surface area contributed by atoms with E-state index in [9.17, 15) is 8.42 Å². The Balaban J connectivity index is 2.17. The zero-order valence-corrected chi connectivity index (χ0v) is 13.0. The molecule has 1 aliphatic rings. The molecule has 1 aromatic rings. The Morgan fingerprint density at radius 1 is 1.25 bits per heavy atom. The third-order valence-corrected chi connectivity index (χ3v) is 5.61. The summed E-state index contributed by atoms with van der Waals surface area (Å²) < 4.78 is 27.9. The maximum absolute atomic E-state index is 12.5. The van der Waals surface area contributed by atoms with Crippen molar-refractivity contribution >= 4 is 15.7 Å². The maximum atomic E-state index is 12.5. The van der Waals surface area contributed by atoms with E-state index in [1.165, 1.54) is 12.8 Å². The third-order valence-electron chi connectivity index (χ3n) is 3.99. The summed E-state index contributed by atoms with van der Waals surface area (Å²) in [6.45, 7) is 4.63. The quantitative estimate of drug-likeness (QED) is 0.848. The molecule has 1 atom stereocenters. The third kappa shape index (κ3) is 3.52. The van der Waals surface area contributed by atoms with Crippen LogP contribution in [-0.2, 0) is 10.0 Å². The standard InChI is InChI=1S/C15H24N2O2S/c1-3-16-14-10-6-7-11-15(14)20(18,19)17-12(2)13-8-4-5-9-13/h6-7,10-13,16-17H,3-5,8-9H2,1-2H3. The SMILES string of the molecule is CCNc1ccccc1S(=O)(=O)NC(C)C1CCCC1. The van der Waals surface area contributed by atoms with Gasteiger partial charge in [-0.05, 0) is 44.7 Å². The summed E-state index contributed by atoms with van der Waals surface area (Å²) in [4.78, 5) is 0.340. The van der Waals surface area contributed by atoms with Crippen molar-refractivity contribution in [2.45, 2.75) is 50.5 Å². The van der Waals surface area contributed by atoms with Gasteiger partial charge in [-0.3, -0.25) is 0 Å². The van der Waals surface area contributed by atoms with Crippen LogP contribution in [0.5, 0.6) is 0 Å². The summed E-state index contributed by atoms with van der Waals surface area (Å²) in [5, 5.41) is 3.11. The number of anilines is 1. The maximum Gasteiger partial charge on any atom is 0.242 e. The molecule has 0 heterocycles. The van der Waals surface area contributed by atoms with Crippen LogP contribution < -0.4 is 10.0 Å². The Hall–Kier alpha value is -1.07. The molecule has 1 aromatic carbocycles. The molecule has 0 aliphatic heterocycles. The first-order valence-corrected chi connectivity index (χ1v) is 8.88. The summed E-state index contributed by atoms with van der Waals surface area (Å²) in [7, 11) is -3.46. The van der Waals surface area contributed by atoms with Crippen molar-refractivity contribution in [2.75, 3.05) is 11.9 Å². The predicted octanol–water partition coefficient (Wildman–Crippen LogP) is 2.98. The lowest BCUT2D eigenvalue weighted by molar-refractivity contribution is 0.424. The lowest BCUT2D eigenvalue weighted by Gasteiger charge is -2.21. The largest absolute Gasteiger partial charge is 0.384 e. The van der Waals surface area contributed by atoms with Gasteiger partial charge in [0.2, 0.25) is 10.0 Å². The molecule has 0 aromatic heterocycles. The zero-order chi connectivity index (χ0) is 14.6. The molecule has 2 rings (SSSR count). The predicted molar refractivity (Wildman–Crippen MR) is 82.3 cm³/mol. The van der Waals surface area contributed by atoms with Gasteiger partial charge in [0.1, 0.15) is 4.90 Å². The van der Waals surface area contributed by atoms with Crippen molar-refractivity contribution in [3.63, 3.8) is 0 Å². The Kier molecular flexibility index (Phi) is 5.05. The zero-order valence-electron chi connectivity index (χ0n) is 12.2. The van der Waals surface area contributed by atoms with Crippen LogP contribution in [0.1, 0.15) is 39.5 Å². The number of sulfonamides is 1. The molecule has 20 heavy (non-hydrogen) atoms. The van der Waals surface area contributed by atoms with E-state index in [1.807, 2.05) is 19.9 Å². The highest BCUT2D eigenvalue weighted by atomic mass is 32.2. The average Bonchev–Trinajstić information content (AvgIpc) is 2.93. The molecule has 112 valence electrons. The van der Waals surface area contributed by atoms with Crippen molar-refractivity contribution in [2.24, 2.45) is 5.92 Å². The molecule has 0 saturated heterocycles. The van der Waals surface area contributed by atoms with E-state index < -0.39 is 10.0 Å². The molecule has 1 fully saturated rings. The highest BCUT2D eigenvalue weighted by Gasteiger charge is 2.27. The molecule has 1 unspecified atom stereocenters. The Bertz CT molecular complexity index is 537. The van der Waals surface area contributed by atoms with E-state index in [2.05, 4.69) is 10.0 Å². The average molecular weight is 296 g/mol. The van der Waals surface area contributed by atoms with Crippen LogP contribution >= 0.6 is 0 Å². The van der Waals surface area contributed by atoms with Crippen molar-refractivity contribution in [3.05, 3.63) is 24.3 Å². The van der Waals surface area contributed by atoms with Crippen LogP contribution in [0.3, 0.4) is 0 Å². The topological polar surface area (TPSA) is 58.2 Å². The summed E-state index contributed by atoms with van der Waals surface area (Å²) in [6, 6.07) is 7.06. The first-order chi connectivity index (χ1) is 9.54. The van der Waals surface area contributed by atoms with E-state index in [1.54, 1.807) is 18.2 Å². The van der Waals surface area contributed by atoms with Gasteiger partial charge in [-0.1, -0.05) is 25.0 Å². The number of hydrogen-bond acceptors (Lipinski definition) is 3. The minimum Gasteiger partial charge on any atom is -0.384 e. The number of hydrogen-bond donors (Lipinski definition) is 2. The van der Waals surface area contributed by atoms with E-state index in [0.29, 0.717) is 23.0 Å². The first-order valence-electron chi connectivity index (χ1n) is 7.40. The second kappa shape index (κ2) is 6.59. The molecule has 1 aliphatic carbocycles. The minimum absolute atomic E-state index is 0.00261. The Morgan fingerprint density at radius 2 is 1.90 bits per heavy atom. The molecule has 1 saturated carbocycles. The molecule has 4 nitrogen and oxygen atoms in total. The summed E-state index contributed by atoms with van der Waals surface area (Å²) >= 11 is 0. The van der Waals surface area contributed by atoms with Gasteiger partial charge in [-0.15, -0.1) is 0 Å². The molecular weight excluding hydrogens is 272 g/mol. The molecule has 0 radical (unpaired) electrons. The highest BCUT2D eigenvalue weighted by Crippen LogP contribution is 2.29. The first kappa shape index (κ1) is 15.3. The van der Waals surface area contributed by atoms with E-state index >= 15 is 0 Å². The van der Waals surface area contributed by atoms with E-state index in [4.69, 9.17) is 0 Å². The molecule has 0 spiro atoms. The summed E-state index contributed by atoms with van der Waals surface area (Å²) in [5.74, 6) is 0.469. The van der Waals surface area contributed by atoms with Crippen molar-refractivity contribution in [3.8, 4) is 0 Å². The lowest BCUT2D eigenvalue weighted by Crippen LogP contribution is -2.37. The number of nitrogens with one attached hydrogen (secondary N) is 2. The summed E-state index contributed by atoms with van der Waals surface area (Å²) in [6.07, 6.45) is 4.67. The second-order valence-corrected chi connectivity index (χ2v) is 7.16. The lowest BCUT2D eigenvalue weighted by atomic mass is 10.0. The van der Waals surface area contributed by atoms with E-state index in [0.717, 1.165) is 12.8 Å². The second-order valence-electron chi connectivity index (χ2n) is 5.48. The molecule has 0 bridgehead atoms. The van der Waals surface area contributed by atoms with Gasteiger partial charge in [-0.25, -0.2) is 13.1 Å². The van der Waals surface area contributed by atoms with Crippen LogP contribution in [0.2, 0.25) is 0 Å². The van der Waals surface area contributed by atoms with E-state index in [-0.39, 0.29) is 6.04 Å². The normalized spacial score (nSPS) is 18.1. The van der Waals surface area contributed by atoms with Gasteiger partial charge < -0.3 is 5.32 Å². The highest BCUT2D eigenvalue weighted by molar-refractivity contribution is 7.89. The van der Waals surface area contributed by atoms with Crippen LogP contribution in [0.4, 0.5) is 5.69 Å². The van der Waals surface area contributed by atoms with Gasteiger partial charge in [-0.2, -0.15) is 0 Å². The fourth-order valence-electron chi connectivity index (χ4n) is 2.90. The van der Waals surface area contributed by atoms with Crippen LogP contribution in [0.15, 0.2) is 29.2 Å². The number of rotatable bonds is 6.